The zero-order chi connectivity index (χ0) is 20.5. The van der Waals surface area contributed by atoms with Crippen LogP contribution in [0.1, 0.15) is 29.0 Å². The molecule has 4 rings (SSSR count). The smallest absolute Gasteiger partial charge is 0.255 e. The number of amides is 1. The summed E-state index contributed by atoms with van der Waals surface area (Å²) in [4.78, 5) is 15.7. The number of aryl methyl sites for hydroxylation is 1. The van der Waals surface area contributed by atoms with E-state index < -0.39 is 5.91 Å². The van der Waals surface area contributed by atoms with Crippen LogP contribution in [0.3, 0.4) is 0 Å². The SMILES string of the molecule is CC1=Nc2c(c(C)nn2-c2ccc(Cl)cc2)C(c2ccc(OCC(N)=O)cc2)S1. The van der Waals surface area contributed by atoms with Crippen LogP contribution in [0.2, 0.25) is 5.02 Å². The van der Waals surface area contributed by atoms with E-state index in [0.29, 0.717) is 10.8 Å². The second-order valence-corrected chi connectivity index (χ2v) is 8.40. The zero-order valence-corrected chi connectivity index (χ0v) is 17.5. The van der Waals surface area contributed by atoms with Gasteiger partial charge in [0.1, 0.15) is 5.75 Å². The number of carbonyl (C=O) groups excluding carboxylic acids is 1. The average molecular weight is 427 g/mol. The number of benzene rings is 2. The molecule has 0 spiro atoms. The van der Waals surface area contributed by atoms with Gasteiger partial charge in [0.15, 0.2) is 12.4 Å². The van der Waals surface area contributed by atoms with Crippen molar-refractivity contribution >= 4 is 40.1 Å². The Labute approximate surface area is 177 Å². The van der Waals surface area contributed by atoms with Gasteiger partial charge in [-0.05, 0) is 55.8 Å². The van der Waals surface area contributed by atoms with Gasteiger partial charge in [-0.25, -0.2) is 9.67 Å². The summed E-state index contributed by atoms with van der Waals surface area (Å²) in [5, 5.41) is 6.45. The van der Waals surface area contributed by atoms with E-state index in [2.05, 4.69) is 0 Å². The van der Waals surface area contributed by atoms with E-state index in [4.69, 9.17) is 32.2 Å². The molecule has 148 valence electrons. The Morgan fingerprint density at radius 2 is 1.86 bits per heavy atom. The van der Waals surface area contributed by atoms with Crippen LogP contribution in [0.25, 0.3) is 5.69 Å². The van der Waals surface area contributed by atoms with Crippen LogP contribution in [0.15, 0.2) is 53.5 Å². The standard InChI is InChI=1S/C21H19ClN4O2S/c1-12-19-20(14-3-9-17(10-4-14)28-11-18(23)27)29-13(2)24-21(19)26(25-12)16-7-5-15(22)6-8-16/h3-10,20H,11H2,1-2H3,(H2,23,27). The minimum Gasteiger partial charge on any atom is -0.484 e. The van der Waals surface area contributed by atoms with E-state index in [1.54, 1.807) is 11.8 Å². The molecule has 1 aliphatic rings. The van der Waals surface area contributed by atoms with Crippen LogP contribution in [0.4, 0.5) is 5.82 Å². The minimum atomic E-state index is -0.501. The summed E-state index contributed by atoms with van der Waals surface area (Å²) in [6.45, 7) is 3.86. The minimum absolute atomic E-state index is 0.0636. The lowest BCUT2D eigenvalue weighted by molar-refractivity contribution is -0.119. The molecule has 3 aromatic rings. The molecule has 2 N–H and O–H groups in total. The fourth-order valence-corrected chi connectivity index (χ4v) is 4.53. The summed E-state index contributed by atoms with van der Waals surface area (Å²) in [5.74, 6) is 0.936. The lowest BCUT2D eigenvalue weighted by Gasteiger charge is -2.22. The predicted octanol–water partition coefficient (Wildman–Crippen LogP) is 4.58. The van der Waals surface area contributed by atoms with E-state index in [1.807, 2.05) is 67.1 Å². The highest BCUT2D eigenvalue weighted by molar-refractivity contribution is 8.14. The molecule has 0 saturated carbocycles. The molecule has 8 heteroatoms. The summed E-state index contributed by atoms with van der Waals surface area (Å²) in [5.41, 5.74) is 9.17. The Morgan fingerprint density at radius 3 is 2.52 bits per heavy atom. The van der Waals surface area contributed by atoms with Gasteiger partial charge in [-0.1, -0.05) is 35.5 Å². The van der Waals surface area contributed by atoms with Crippen molar-refractivity contribution in [2.75, 3.05) is 6.61 Å². The molecular formula is C21H19ClN4O2S. The third kappa shape index (κ3) is 4.02. The number of hydrogen-bond donors (Lipinski definition) is 1. The molecule has 1 unspecified atom stereocenters. The number of hydrogen-bond acceptors (Lipinski definition) is 5. The predicted molar refractivity (Wildman–Crippen MR) is 117 cm³/mol. The molecule has 0 bridgehead atoms. The molecule has 1 aliphatic heterocycles. The number of nitrogens with two attached hydrogens (primary N) is 1. The van der Waals surface area contributed by atoms with E-state index in [0.717, 1.165) is 33.4 Å². The first kappa shape index (κ1) is 19.5. The number of thioether (sulfide) groups is 1. The number of aromatic nitrogens is 2. The summed E-state index contributed by atoms with van der Waals surface area (Å²) < 4.78 is 7.23. The molecule has 2 heterocycles. The lowest BCUT2D eigenvalue weighted by atomic mass is 10.0. The van der Waals surface area contributed by atoms with Crippen molar-refractivity contribution in [3.63, 3.8) is 0 Å². The summed E-state index contributed by atoms with van der Waals surface area (Å²) in [7, 11) is 0. The van der Waals surface area contributed by atoms with E-state index in [9.17, 15) is 4.79 Å². The van der Waals surface area contributed by atoms with Crippen molar-refractivity contribution in [2.45, 2.75) is 19.1 Å². The van der Waals surface area contributed by atoms with E-state index in [1.165, 1.54) is 0 Å². The van der Waals surface area contributed by atoms with Gasteiger partial charge in [-0.2, -0.15) is 5.10 Å². The third-order valence-electron chi connectivity index (χ3n) is 4.53. The number of fused-ring (bicyclic) bond motifs is 1. The molecule has 0 saturated heterocycles. The Balaban J connectivity index is 1.71. The van der Waals surface area contributed by atoms with Crippen LogP contribution in [-0.2, 0) is 4.79 Å². The zero-order valence-electron chi connectivity index (χ0n) is 15.9. The van der Waals surface area contributed by atoms with Gasteiger partial charge in [0.05, 0.1) is 21.7 Å². The van der Waals surface area contributed by atoms with Crippen molar-refractivity contribution in [3.05, 3.63) is 70.4 Å². The number of ether oxygens (including phenoxy) is 1. The molecule has 2 aromatic carbocycles. The van der Waals surface area contributed by atoms with Crippen molar-refractivity contribution in [3.8, 4) is 11.4 Å². The average Bonchev–Trinajstić information content (AvgIpc) is 3.03. The Hall–Kier alpha value is -2.77. The number of halogens is 1. The summed E-state index contributed by atoms with van der Waals surface area (Å²) >= 11 is 7.72. The molecule has 1 aromatic heterocycles. The Kier molecular flexibility index (Phi) is 5.34. The van der Waals surface area contributed by atoms with Crippen molar-refractivity contribution < 1.29 is 9.53 Å². The molecular weight excluding hydrogens is 408 g/mol. The molecule has 1 amide bonds. The van der Waals surface area contributed by atoms with E-state index in [-0.39, 0.29) is 11.9 Å². The van der Waals surface area contributed by atoms with Crippen LogP contribution < -0.4 is 10.5 Å². The summed E-state index contributed by atoms with van der Waals surface area (Å²) in [6.07, 6.45) is 0. The Morgan fingerprint density at radius 1 is 1.17 bits per heavy atom. The topological polar surface area (TPSA) is 82.5 Å². The maximum Gasteiger partial charge on any atom is 0.255 e. The molecule has 0 radical (unpaired) electrons. The molecule has 6 nitrogen and oxygen atoms in total. The molecule has 29 heavy (non-hydrogen) atoms. The van der Waals surface area contributed by atoms with Gasteiger partial charge >= 0.3 is 0 Å². The fraction of sp³-hybridized carbons (Fsp3) is 0.190. The number of aliphatic imine (C=N–C) groups is 1. The molecule has 0 fully saturated rings. The van der Waals surface area contributed by atoms with Gasteiger partial charge in [0.2, 0.25) is 0 Å². The maximum atomic E-state index is 10.9. The van der Waals surface area contributed by atoms with Gasteiger partial charge < -0.3 is 10.5 Å². The maximum absolute atomic E-state index is 10.9. The monoisotopic (exact) mass is 426 g/mol. The van der Waals surface area contributed by atoms with Crippen LogP contribution in [0, 0.1) is 6.92 Å². The Bertz CT molecular complexity index is 1090. The molecule has 1 atom stereocenters. The first-order valence-corrected chi connectivity index (χ1v) is 10.3. The fourth-order valence-electron chi connectivity index (χ4n) is 3.24. The highest BCUT2D eigenvalue weighted by Crippen LogP contribution is 2.47. The van der Waals surface area contributed by atoms with Gasteiger partial charge in [0.25, 0.3) is 5.91 Å². The van der Waals surface area contributed by atoms with Gasteiger partial charge in [0, 0.05) is 10.6 Å². The van der Waals surface area contributed by atoms with Gasteiger partial charge in [-0.3, -0.25) is 4.79 Å². The number of primary amides is 1. The first-order valence-electron chi connectivity index (χ1n) is 9.01. The van der Waals surface area contributed by atoms with Crippen LogP contribution >= 0.6 is 23.4 Å². The highest BCUT2D eigenvalue weighted by Gasteiger charge is 2.30. The lowest BCUT2D eigenvalue weighted by Crippen LogP contribution is -2.20. The molecule has 0 aliphatic carbocycles. The van der Waals surface area contributed by atoms with Crippen molar-refractivity contribution in [1.82, 2.24) is 9.78 Å². The van der Waals surface area contributed by atoms with E-state index >= 15 is 0 Å². The van der Waals surface area contributed by atoms with Gasteiger partial charge in [-0.15, -0.1) is 0 Å². The second-order valence-electron chi connectivity index (χ2n) is 6.66. The first-order chi connectivity index (χ1) is 13.9. The normalized spacial score (nSPS) is 15.6. The summed E-state index contributed by atoms with van der Waals surface area (Å²) in [6, 6.07) is 15.2. The third-order valence-corrected chi connectivity index (χ3v) is 5.96. The number of carbonyl (C=O) groups is 1. The quantitative estimate of drug-likeness (QED) is 0.647. The second kappa shape index (κ2) is 7.93. The van der Waals surface area contributed by atoms with Crippen molar-refractivity contribution in [1.29, 1.82) is 0 Å². The van der Waals surface area contributed by atoms with Crippen LogP contribution in [0.5, 0.6) is 5.75 Å². The highest BCUT2D eigenvalue weighted by atomic mass is 35.5. The largest absolute Gasteiger partial charge is 0.484 e. The number of rotatable bonds is 5. The van der Waals surface area contributed by atoms with Crippen LogP contribution in [-0.4, -0.2) is 27.3 Å². The number of nitrogens with zero attached hydrogens (tertiary/aromatic N) is 3. The van der Waals surface area contributed by atoms with Crippen molar-refractivity contribution in [2.24, 2.45) is 10.7 Å².